The Labute approximate surface area is 128 Å². The third kappa shape index (κ3) is 2.68. The number of rotatable bonds is 4. The summed E-state index contributed by atoms with van der Waals surface area (Å²) in [4.78, 5) is 0. The van der Waals surface area contributed by atoms with Crippen molar-refractivity contribution in [3.63, 3.8) is 0 Å². The molecular formula is C21H24. The average Bonchev–Trinajstić information content (AvgIpc) is 2.83. The van der Waals surface area contributed by atoms with E-state index in [4.69, 9.17) is 0 Å². The van der Waals surface area contributed by atoms with Gasteiger partial charge in [-0.2, -0.15) is 0 Å². The second-order valence-electron chi connectivity index (χ2n) is 6.25. The highest BCUT2D eigenvalue weighted by atomic mass is 14.2. The van der Waals surface area contributed by atoms with Crippen molar-refractivity contribution in [1.82, 2.24) is 0 Å². The van der Waals surface area contributed by atoms with Crippen LogP contribution < -0.4 is 0 Å². The number of benzene rings is 2. The lowest BCUT2D eigenvalue weighted by Gasteiger charge is -2.13. The minimum Gasteiger partial charge on any atom is -0.0686 e. The normalized spacial score (nSPS) is 14.9. The van der Waals surface area contributed by atoms with Crippen molar-refractivity contribution >= 4 is 16.3 Å². The Balaban J connectivity index is 2.12. The summed E-state index contributed by atoms with van der Waals surface area (Å²) in [7, 11) is 0. The van der Waals surface area contributed by atoms with E-state index < -0.39 is 0 Å². The molecule has 0 bridgehead atoms. The second kappa shape index (κ2) is 5.89. The molecule has 1 aliphatic rings. The molecule has 0 aromatic heterocycles. The molecule has 0 atom stereocenters. The first-order chi connectivity index (χ1) is 10.2. The zero-order valence-electron chi connectivity index (χ0n) is 13.4. The molecule has 0 unspecified atom stereocenters. The number of fused-ring (bicyclic) bond motifs is 1. The van der Waals surface area contributed by atoms with Gasteiger partial charge >= 0.3 is 0 Å². The fourth-order valence-electron chi connectivity index (χ4n) is 3.44. The van der Waals surface area contributed by atoms with E-state index in [1.54, 1.807) is 0 Å². The summed E-state index contributed by atoms with van der Waals surface area (Å²) in [5, 5.41) is 2.86. The molecule has 0 saturated heterocycles. The molecule has 2 aromatic rings. The second-order valence-corrected chi connectivity index (χ2v) is 6.25. The van der Waals surface area contributed by atoms with Gasteiger partial charge in [0, 0.05) is 0 Å². The van der Waals surface area contributed by atoms with Crippen molar-refractivity contribution in [2.45, 2.75) is 46.5 Å². The van der Waals surface area contributed by atoms with Gasteiger partial charge in [0.2, 0.25) is 0 Å². The maximum absolute atomic E-state index is 2.35. The van der Waals surface area contributed by atoms with E-state index in [-0.39, 0.29) is 0 Å². The molecule has 1 aliphatic carbocycles. The molecule has 0 N–H and O–H groups in total. The number of hydrogen-bond acceptors (Lipinski definition) is 0. The Morgan fingerprint density at radius 1 is 0.952 bits per heavy atom. The lowest BCUT2D eigenvalue weighted by Crippen LogP contribution is -1.92. The summed E-state index contributed by atoms with van der Waals surface area (Å²) in [6.45, 7) is 6.73. The molecule has 0 radical (unpaired) electrons. The van der Waals surface area contributed by atoms with Crippen molar-refractivity contribution in [3.05, 3.63) is 64.7 Å². The summed E-state index contributed by atoms with van der Waals surface area (Å²) in [6.07, 6.45) is 7.14. The van der Waals surface area contributed by atoms with Gasteiger partial charge in [-0.15, -0.1) is 0 Å². The van der Waals surface area contributed by atoms with E-state index in [2.05, 4.69) is 63.2 Å². The van der Waals surface area contributed by atoms with E-state index in [9.17, 15) is 0 Å². The van der Waals surface area contributed by atoms with E-state index in [0.717, 1.165) is 6.42 Å². The van der Waals surface area contributed by atoms with Crippen LogP contribution in [0.4, 0.5) is 0 Å². The first-order valence-corrected chi connectivity index (χ1v) is 8.08. The molecule has 0 fully saturated rings. The maximum Gasteiger partial charge on any atom is -0.00579 e. The standard InChI is InChI=1S/C21H24/c1-4-5-8-17-11-12-20(19-10-7-6-9-18(17)19)21-14-15(2)13-16(21)3/h6-7,9-13H,4-5,8,14H2,1-3H3. The lowest BCUT2D eigenvalue weighted by atomic mass is 9.91. The fourth-order valence-corrected chi connectivity index (χ4v) is 3.44. The smallest absolute Gasteiger partial charge is 0.00579 e. The van der Waals surface area contributed by atoms with Crippen molar-refractivity contribution in [2.75, 3.05) is 0 Å². The van der Waals surface area contributed by atoms with Crippen LogP contribution in [0.3, 0.4) is 0 Å². The van der Waals surface area contributed by atoms with Crippen LogP contribution in [-0.2, 0) is 6.42 Å². The van der Waals surface area contributed by atoms with E-state index >= 15 is 0 Å². The van der Waals surface area contributed by atoms with Gasteiger partial charge in [-0.05, 0) is 66.2 Å². The Morgan fingerprint density at radius 2 is 1.71 bits per heavy atom. The van der Waals surface area contributed by atoms with Crippen LogP contribution in [0.5, 0.6) is 0 Å². The van der Waals surface area contributed by atoms with Crippen molar-refractivity contribution in [3.8, 4) is 0 Å². The van der Waals surface area contributed by atoms with E-state index in [0.29, 0.717) is 0 Å². The Bertz CT molecular complexity index is 729. The minimum atomic E-state index is 1.10. The molecule has 0 amide bonds. The highest BCUT2D eigenvalue weighted by Crippen LogP contribution is 2.37. The van der Waals surface area contributed by atoms with Crippen LogP contribution in [0.15, 0.2) is 53.6 Å². The SMILES string of the molecule is CCCCc1ccc(C2=C(C)C=C(C)C2)c2ccccc12. The Morgan fingerprint density at radius 3 is 2.38 bits per heavy atom. The highest BCUT2D eigenvalue weighted by molar-refractivity contribution is 5.97. The van der Waals surface area contributed by atoms with Gasteiger partial charge in [-0.3, -0.25) is 0 Å². The third-order valence-corrected chi connectivity index (χ3v) is 4.53. The Hall–Kier alpha value is -1.82. The van der Waals surface area contributed by atoms with E-state index in [1.807, 2.05) is 0 Å². The van der Waals surface area contributed by atoms with Gasteiger partial charge in [-0.25, -0.2) is 0 Å². The number of hydrogen-bond donors (Lipinski definition) is 0. The molecule has 21 heavy (non-hydrogen) atoms. The van der Waals surface area contributed by atoms with Crippen molar-refractivity contribution in [1.29, 1.82) is 0 Å². The molecule has 0 aliphatic heterocycles. The van der Waals surface area contributed by atoms with Gasteiger partial charge in [0.15, 0.2) is 0 Å². The van der Waals surface area contributed by atoms with Gasteiger partial charge in [0.1, 0.15) is 0 Å². The average molecular weight is 276 g/mol. The van der Waals surface area contributed by atoms with Crippen LogP contribution in [0, 0.1) is 0 Å². The predicted octanol–water partition coefficient (Wildman–Crippen LogP) is 6.31. The largest absolute Gasteiger partial charge is 0.0686 e. The highest BCUT2D eigenvalue weighted by Gasteiger charge is 2.15. The van der Waals surface area contributed by atoms with Crippen LogP contribution >= 0.6 is 0 Å². The van der Waals surface area contributed by atoms with Gasteiger partial charge in [0.25, 0.3) is 0 Å². The number of unbranched alkanes of at least 4 members (excludes halogenated alkanes) is 1. The first-order valence-electron chi connectivity index (χ1n) is 8.08. The monoisotopic (exact) mass is 276 g/mol. The zero-order valence-corrected chi connectivity index (χ0v) is 13.4. The van der Waals surface area contributed by atoms with Gasteiger partial charge in [0.05, 0.1) is 0 Å². The first kappa shape index (κ1) is 14.1. The van der Waals surface area contributed by atoms with Crippen LogP contribution in [-0.4, -0.2) is 0 Å². The van der Waals surface area contributed by atoms with Gasteiger partial charge in [-0.1, -0.05) is 61.4 Å². The van der Waals surface area contributed by atoms with Gasteiger partial charge < -0.3 is 0 Å². The summed E-state index contributed by atoms with van der Waals surface area (Å²) < 4.78 is 0. The molecule has 0 saturated carbocycles. The molecule has 108 valence electrons. The predicted molar refractivity (Wildman–Crippen MR) is 93.5 cm³/mol. The number of aryl methyl sites for hydroxylation is 1. The minimum absolute atomic E-state index is 1.10. The zero-order chi connectivity index (χ0) is 14.8. The summed E-state index contributed by atoms with van der Waals surface area (Å²) >= 11 is 0. The molecule has 0 nitrogen and oxygen atoms in total. The molecule has 3 rings (SSSR count). The van der Waals surface area contributed by atoms with E-state index in [1.165, 1.54) is 57.9 Å². The third-order valence-electron chi connectivity index (χ3n) is 4.53. The molecular weight excluding hydrogens is 252 g/mol. The summed E-state index contributed by atoms with van der Waals surface area (Å²) in [5.74, 6) is 0. The molecule has 0 heteroatoms. The Kier molecular flexibility index (Phi) is 3.96. The van der Waals surface area contributed by atoms with Crippen LogP contribution in [0.1, 0.15) is 51.2 Å². The van der Waals surface area contributed by atoms with Crippen molar-refractivity contribution < 1.29 is 0 Å². The number of allylic oxidation sites excluding steroid dienone is 4. The summed E-state index contributed by atoms with van der Waals surface area (Å²) in [5.41, 5.74) is 7.33. The quantitative estimate of drug-likeness (QED) is 0.614. The maximum atomic E-state index is 2.35. The molecule has 0 heterocycles. The van der Waals surface area contributed by atoms with Crippen molar-refractivity contribution in [2.24, 2.45) is 0 Å². The summed E-state index contributed by atoms with van der Waals surface area (Å²) in [6, 6.07) is 13.6. The molecule has 0 spiro atoms. The van der Waals surface area contributed by atoms with Crippen LogP contribution in [0.2, 0.25) is 0 Å². The lowest BCUT2D eigenvalue weighted by molar-refractivity contribution is 0.799. The fraction of sp³-hybridized carbons (Fsp3) is 0.333. The molecule has 2 aromatic carbocycles. The van der Waals surface area contributed by atoms with Crippen LogP contribution in [0.25, 0.3) is 16.3 Å². The topological polar surface area (TPSA) is 0 Å².